The van der Waals surface area contributed by atoms with Crippen molar-refractivity contribution in [2.24, 2.45) is 4.99 Å². The van der Waals surface area contributed by atoms with Crippen molar-refractivity contribution in [3.05, 3.63) is 45.4 Å². The van der Waals surface area contributed by atoms with E-state index in [4.69, 9.17) is 0 Å². The third kappa shape index (κ3) is 6.07. The fourth-order valence-electron chi connectivity index (χ4n) is 3.25. The molecule has 0 saturated carbocycles. The van der Waals surface area contributed by atoms with E-state index in [0.717, 1.165) is 29.8 Å². The smallest absolute Gasteiger partial charge is 0.191 e. The number of piperidine rings is 1. The molecule has 0 aliphatic carbocycles. The van der Waals surface area contributed by atoms with Gasteiger partial charge in [-0.3, -0.25) is 4.99 Å². The summed E-state index contributed by atoms with van der Waals surface area (Å²) in [6.45, 7) is 9.14. The summed E-state index contributed by atoms with van der Waals surface area (Å²) in [7, 11) is 1.83. The summed E-state index contributed by atoms with van der Waals surface area (Å²) in [6, 6.07) is 9.21. The van der Waals surface area contributed by atoms with Crippen molar-refractivity contribution in [2.45, 2.75) is 46.2 Å². The third-order valence-electron chi connectivity index (χ3n) is 4.86. The summed E-state index contributed by atoms with van der Waals surface area (Å²) >= 11 is 1.75. The number of aliphatic imine (C=N–C) groups is 1. The van der Waals surface area contributed by atoms with Gasteiger partial charge in [0.05, 0.1) is 12.2 Å². The van der Waals surface area contributed by atoms with E-state index in [1.807, 2.05) is 7.05 Å². The van der Waals surface area contributed by atoms with Crippen LogP contribution in [0.3, 0.4) is 0 Å². The predicted octanol–water partition coefficient (Wildman–Crippen LogP) is 4.02. The Hall–Kier alpha value is -1.35. The molecule has 2 N–H and O–H groups in total. The molecule has 1 saturated heterocycles. The van der Waals surface area contributed by atoms with Crippen LogP contribution in [0.2, 0.25) is 0 Å². The molecule has 0 spiro atoms. The van der Waals surface area contributed by atoms with Gasteiger partial charge in [-0.25, -0.2) is 4.98 Å². The molecule has 1 aliphatic heterocycles. The molecule has 0 bridgehead atoms. The largest absolute Gasteiger partial charge is 0.369 e. The van der Waals surface area contributed by atoms with Gasteiger partial charge in [0.2, 0.25) is 0 Å². The molecule has 1 aromatic heterocycles. The highest BCUT2D eigenvalue weighted by molar-refractivity contribution is 14.0. The number of hydrogen-bond donors (Lipinski definition) is 2. The molecule has 2 heterocycles. The van der Waals surface area contributed by atoms with Crippen LogP contribution < -0.4 is 15.5 Å². The maximum absolute atomic E-state index is 4.59. The number of rotatable bonds is 4. The van der Waals surface area contributed by atoms with Crippen LogP contribution in [0.5, 0.6) is 0 Å². The van der Waals surface area contributed by atoms with Gasteiger partial charge in [0.25, 0.3) is 0 Å². The lowest BCUT2D eigenvalue weighted by atomic mass is 10.0. The molecule has 2 aromatic rings. The van der Waals surface area contributed by atoms with Crippen LogP contribution in [0.1, 0.15) is 34.0 Å². The number of nitrogens with zero attached hydrogens (tertiary/aromatic N) is 3. The maximum atomic E-state index is 4.59. The summed E-state index contributed by atoms with van der Waals surface area (Å²) in [6.07, 6.45) is 2.35. The maximum Gasteiger partial charge on any atom is 0.191 e. The zero-order chi connectivity index (χ0) is 18.5. The van der Waals surface area contributed by atoms with E-state index in [9.17, 15) is 0 Å². The normalized spacial score (nSPS) is 17.4. The van der Waals surface area contributed by atoms with Gasteiger partial charge in [0, 0.05) is 36.7 Å². The van der Waals surface area contributed by atoms with E-state index in [0.29, 0.717) is 12.6 Å². The Morgan fingerprint density at radius 1 is 1.26 bits per heavy atom. The van der Waals surface area contributed by atoms with E-state index in [2.05, 4.69) is 70.5 Å². The SMILES string of the molecule is CN=C(NCc1nc(C)c(C)s1)NC1CCCN(c2ccc(C)cc2)C1.I. The Labute approximate surface area is 183 Å². The van der Waals surface area contributed by atoms with Gasteiger partial charge in [-0.15, -0.1) is 35.3 Å². The molecule has 27 heavy (non-hydrogen) atoms. The van der Waals surface area contributed by atoms with Crippen LogP contribution >= 0.6 is 35.3 Å². The number of benzene rings is 1. The minimum Gasteiger partial charge on any atom is -0.369 e. The summed E-state index contributed by atoms with van der Waals surface area (Å²) < 4.78 is 0. The van der Waals surface area contributed by atoms with Gasteiger partial charge >= 0.3 is 0 Å². The van der Waals surface area contributed by atoms with E-state index in [-0.39, 0.29) is 24.0 Å². The Morgan fingerprint density at radius 3 is 2.63 bits per heavy atom. The van der Waals surface area contributed by atoms with Crippen LogP contribution in [0.4, 0.5) is 5.69 Å². The molecule has 7 heteroatoms. The molecule has 148 valence electrons. The predicted molar refractivity (Wildman–Crippen MR) is 127 cm³/mol. The molecule has 0 radical (unpaired) electrons. The Bertz CT molecular complexity index is 737. The third-order valence-corrected chi connectivity index (χ3v) is 5.94. The minimum atomic E-state index is 0. The van der Waals surface area contributed by atoms with Crippen molar-refractivity contribution in [3.8, 4) is 0 Å². The summed E-state index contributed by atoms with van der Waals surface area (Å²) in [5.74, 6) is 0.853. The average molecular weight is 499 g/mol. The second-order valence-corrected chi connectivity index (χ2v) is 8.23. The molecular formula is C20H30IN5S. The number of anilines is 1. The molecular weight excluding hydrogens is 469 g/mol. The Kier molecular flexibility index (Phi) is 8.34. The molecule has 5 nitrogen and oxygen atoms in total. The molecule has 1 atom stereocenters. The number of aryl methyl sites for hydroxylation is 3. The second kappa shape index (κ2) is 10.3. The van der Waals surface area contributed by atoms with Crippen molar-refractivity contribution in [3.63, 3.8) is 0 Å². The van der Waals surface area contributed by atoms with Gasteiger partial charge in [0.1, 0.15) is 5.01 Å². The minimum absolute atomic E-state index is 0. The summed E-state index contributed by atoms with van der Waals surface area (Å²) in [5, 5.41) is 8.09. The van der Waals surface area contributed by atoms with Gasteiger partial charge in [-0.05, 0) is 45.7 Å². The number of hydrogen-bond acceptors (Lipinski definition) is 4. The first kappa shape index (κ1) is 21.9. The van der Waals surface area contributed by atoms with Gasteiger partial charge in [-0.2, -0.15) is 0 Å². The van der Waals surface area contributed by atoms with E-state index in [1.54, 1.807) is 11.3 Å². The lowest BCUT2D eigenvalue weighted by Gasteiger charge is -2.35. The van der Waals surface area contributed by atoms with Crippen molar-refractivity contribution < 1.29 is 0 Å². The Balaban J connectivity index is 0.00000261. The topological polar surface area (TPSA) is 52.6 Å². The number of aromatic nitrogens is 1. The molecule has 1 fully saturated rings. The van der Waals surface area contributed by atoms with Crippen molar-refractivity contribution in [2.75, 3.05) is 25.0 Å². The lowest BCUT2D eigenvalue weighted by Crippen LogP contribution is -2.51. The highest BCUT2D eigenvalue weighted by Crippen LogP contribution is 2.20. The fraction of sp³-hybridized carbons (Fsp3) is 0.500. The molecule has 1 unspecified atom stereocenters. The Morgan fingerprint density at radius 2 is 2.00 bits per heavy atom. The number of halogens is 1. The lowest BCUT2D eigenvalue weighted by molar-refractivity contribution is 0.468. The summed E-state index contributed by atoms with van der Waals surface area (Å²) in [4.78, 5) is 12.7. The molecule has 1 aliphatic rings. The first-order chi connectivity index (χ1) is 12.5. The zero-order valence-electron chi connectivity index (χ0n) is 16.6. The number of thiazole rings is 1. The van der Waals surface area contributed by atoms with Crippen LogP contribution in [-0.2, 0) is 6.54 Å². The van der Waals surface area contributed by atoms with Crippen molar-refractivity contribution in [1.82, 2.24) is 15.6 Å². The number of nitrogens with one attached hydrogen (secondary N) is 2. The van der Waals surface area contributed by atoms with E-state index in [1.165, 1.54) is 29.0 Å². The van der Waals surface area contributed by atoms with E-state index >= 15 is 0 Å². The standard InChI is InChI=1S/C20H29N5S.HI/c1-14-7-9-18(10-8-14)25-11-5-6-17(13-25)24-20(21-4)22-12-19-23-15(2)16(3)26-19;/h7-10,17H,5-6,11-13H2,1-4H3,(H2,21,22,24);1H. The highest BCUT2D eigenvalue weighted by Gasteiger charge is 2.21. The van der Waals surface area contributed by atoms with Crippen LogP contribution in [0, 0.1) is 20.8 Å². The van der Waals surface area contributed by atoms with Gasteiger partial charge < -0.3 is 15.5 Å². The summed E-state index contributed by atoms with van der Waals surface area (Å²) in [5.41, 5.74) is 3.73. The molecule has 0 amide bonds. The van der Waals surface area contributed by atoms with Gasteiger partial charge in [0.15, 0.2) is 5.96 Å². The van der Waals surface area contributed by atoms with Crippen LogP contribution in [0.25, 0.3) is 0 Å². The fourth-order valence-corrected chi connectivity index (χ4v) is 4.12. The van der Waals surface area contributed by atoms with Crippen molar-refractivity contribution in [1.29, 1.82) is 0 Å². The first-order valence-corrected chi connectivity index (χ1v) is 10.1. The average Bonchev–Trinajstić information content (AvgIpc) is 2.97. The van der Waals surface area contributed by atoms with E-state index < -0.39 is 0 Å². The van der Waals surface area contributed by atoms with Crippen molar-refractivity contribution >= 4 is 47.0 Å². The highest BCUT2D eigenvalue weighted by atomic mass is 127. The molecule has 3 rings (SSSR count). The molecule has 1 aromatic carbocycles. The monoisotopic (exact) mass is 499 g/mol. The number of guanidine groups is 1. The second-order valence-electron chi connectivity index (χ2n) is 6.94. The van der Waals surface area contributed by atoms with Gasteiger partial charge in [-0.1, -0.05) is 17.7 Å². The van der Waals surface area contributed by atoms with Crippen LogP contribution in [-0.4, -0.2) is 37.1 Å². The first-order valence-electron chi connectivity index (χ1n) is 9.27. The zero-order valence-corrected chi connectivity index (χ0v) is 19.7. The van der Waals surface area contributed by atoms with Crippen LogP contribution in [0.15, 0.2) is 29.3 Å². The quantitative estimate of drug-likeness (QED) is 0.379.